The summed E-state index contributed by atoms with van der Waals surface area (Å²) in [5.74, 6) is -0.691. The van der Waals surface area contributed by atoms with Gasteiger partial charge in [-0.2, -0.15) is 18.3 Å². The highest BCUT2D eigenvalue weighted by molar-refractivity contribution is 6.32. The first-order valence-corrected chi connectivity index (χ1v) is 18.9. The summed E-state index contributed by atoms with van der Waals surface area (Å²) in [6, 6.07) is 7.89. The molecule has 2 saturated heterocycles. The van der Waals surface area contributed by atoms with E-state index in [9.17, 15) is 32.3 Å². The number of rotatable bonds is 7. The Bertz CT molecular complexity index is 2370. The van der Waals surface area contributed by atoms with Crippen molar-refractivity contribution in [2.75, 3.05) is 25.0 Å². The Labute approximate surface area is 317 Å². The van der Waals surface area contributed by atoms with Crippen LogP contribution >= 0.6 is 11.6 Å². The number of amides is 3. The number of alkyl halides is 3. The molecule has 2 aliphatic heterocycles. The molecule has 4 aromatic heterocycles. The fourth-order valence-electron chi connectivity index (χ4n) is 8.56. The number of hydrogen-bond acceptors (Lipinski definition) is 8. The summed E-state index contributed by atoms with van der Waals surface area (Å²) in [4.78, 5) is 60.8. The molecule has 3 amide bonds. The molecule has 1 aliphatic carbocycles. The average Bonchev–Trinajstić information content (AvgIpc) is 3.70. The highest BCUT2D eigenvalue weighted by Gasteiger charge is 2.35. The second-order valence-electron chi connectivity index (χ2n) is 14.9. The number of carbonyl (C=O) groups is 3. The normalized spacial score (nSPS) is 21.7. The highest BCUT2D eigenvalue weighted by atomic mass is 35.5. The molecule has 17 heteroatoms. The van der Waals surface area contributed by atoms with E-state index in [0.29, 0.717) is 22.0 Å². The predicted octanol–water partition coefficient (Wildman–Crippen LogP) is 5.99. The van der Waals surface area contributed by atoms with Crippen LogP contribution in [0, 0.1) is 5.92 Å². The minimum Gasteiger partial charge on any atom is -0.305 e. The van der Waals surface area contributed by atoms with Gasteiger partial charge in [0, 0.05) is 36.6 Å². The van der Waals surface area contributed by atoms with Crippen LogP contribution in [0.5, 0.6) is 0 Å². The Morgan fingerprint density at radius 3 is 2.51 bits per heavy atom. The lowest BCUT2D eigenvalue weighted by Gasteiger charge is -2.37. The monoisotopic (exact) mass is 777 g/mol. The predicted molar refractivity (Wildman–Crippen MR) is 198 cm³/mol. The van der Waals surface area contributed by atoms with Crippen LogP contribution in [-0.4, -0.2) is 71.1 Å². The molecule has 0 bridgehead atoms. The third-order valence-corrected chi connectivity index (χ3v) is 11.7. The minimum atomic E-state index is -4.66. The number of nitrogens with zero attached hydrogens (tertiary/aromatic N) is 7. The molecule has 13 nitrogen and oxygen atoms in total. The van der Waals surface area contributed by atoms with Crippen LogP contribution < -0.4 is 16.3 Å². The SMILES string of the molecule is Cn1c(=O)n(C2CCC(=O)NC2=O)c2ccc(Cl)c(C3CCN(C[C@H]4CC[C@H](n5cc6cc(NC(=O)c7cccc(C(F)(F)F)n7)ncc6n5)CC4)CC3)c21. The number of anilines is 1. The number of piperidine rings is 2. The molecule has 1 saturated carbocycles. The van der Waals surface area contributed by atoms with E-state index < -0.39 is 29.7 Å². The number of imidazole rings is 1. The van der Waals surface area contributed by atoms with E-state index in [0.717, 1.165) is 86.8 Å². The van der Waals surface area contributed by atoms with E-state index in [2.05, 4.69) is 25.5 Å². The van der Waals surface area contributed by atoms with Crippen LogP contribution in [0.25, 0.3) is 21.9 Å². The third kappa shape index (κ3) is 7.24. The fraction of sp³-hybridized carbons (Fsp3) is 0.447. The molecule has 0 radical (unpaired) electrons. The molecule has 8 rings (SSSR count). The molecule has 6 heterocycles. The van der Waals surface area contributed by atoms with Gasteiger partial charge in [-0.3, -0.25) is 33.5 Å². The summed E-state index contributed by atoms with van der Waals surface area (Å²) in [6.07, 6.45) is 5.05. The summed E-state index contributed by atoms with van der Waals surface area (Å²) in [6.45, 7) is 2.80. The van der Waals surface area contributed by atoms with E-state index in [1.54, 1.807) is 23.7 Å². The van der Waals surface area contributed by atoms with Gasteiger partial charge in [-0.25, -0.2) is 14.8 Å². The number of aryl methyl sites for hydroxylation is 1. The summed E-state index contributed by atoms with van der Waals surface area (Å²) in [5, 5.41) is 11.0. The maximum absolute atomic E-state index is 13.5. The number of halogens is 4. The molecule has 1 aromatic carbocycles. The van der Waals surface area contributed by atoms with Crippen molar-refractivity contribution in [2.45, 2.75) is 75.5 Å². The molecular formula is C38H39ClF3N9O4. The van der Waals surface area contributed by atoms with E-state index in [1.807, 2.05) is 16.9 Å². The largest absolute Gasteiger partial charge is 0.433 e. The molecule has 288 valence electrons. The molecule has 0 spiro atoms. The number of pyridine rings is 2. The zero-order valence-corrected chi connectivity index (χ0v) is 30.7. The third-order valence-electron chi connectivity index (χ3n) is 11.4. The Morgan fingerprint density at radius 2 is 1.78 bits per heavy atom. The second-order valence-corrected chi connectivity index (χ2v) is 15.3. The van der Waals surface area contributed by atoms with Gasteiger partial charge in [0.15, 0.2) is 0 Å². The van der Waals surface area contributed by atoms with Crippen molar-refractivity contribution in [3.8, 4) is 0 Å². The lowest BCUT2D eigenvalue weighted by molar-refractivity contribution is -0.141. The van der Waals surface area contributed by atoms with Crippen molar-refractivity contribution >= 4 is 57.1 Å². The number of hydrogen-bond donors (Lipinski definition) is 2. The van der Waals surface area contributed by atoms with Gasteiger partial charge in [-0.15, -0.1) is 0 Å². The lowest BCUT2D eigenvalue weighted by atomic mass is 9.84. The summed E-state index contributed by atoms with van der Waals surface area (Å²) in [5.41, 5.74) is 1.19. The van der Waals surface area contributed by atoms with Gasteiger partial charge < -0.3 is 10.2 Å². The molecule has 5 aromatic rings. The molecule has 2 N–H and O–H groups in total. The summed E-state index contributed by atoms with van der Waals surface area (Å²) >= 11 is 6.83. The highest BCUT2D eigenvalue weighted by Crippen LogP contribution is 2.40. The molecule has 1 unspecified atom stereocenters. The summed E-state index contributed by atoms with van der Waals surface area (Å²) < 4.78 is 44.3. The van der Waals surface area contributed by atoms with E-state index in [-0.39, 0.29) is 47.9 Å². The van der Waals surface area contributed by atoms with Crippen LogP contribution in [-0.2, 0) is 22.8 Å². The fourth-order valence-corrected chi connectivity index (χ4v) is 8.87. The van der Waals surface area contributed by atoms with Gasteiger partial charge in [0.25, 0.3) is 5.91 Å². The van der Waals surface area contributed by atoms with Crippen LogP contribution in [0.2, 0.25) is 5.02 Å². The minimum absolute atomic E-state index is 0.154. The van der Waals surface area contributed by atoms with Crippen molar-refractivity contribution in [1.29, 1.82) is 0 Å². The maximum atomic E-state index is 13.5. The molecular weight excluding hydrogens is 739 g/mol. The molecule has 3 fully saturated rings. The Kier molecular flexibility index (Phi) is 9.74. The van der Waals surface area contributed by atoms with Crippen LogP contribution in [0.15, 0.2) is 53.6 Å². The molecule has 1 atom stereocenters. The second kappa shape index (κ2) is 14.5. The van der Waals surface area contributed by atoms with Crippen molar-refractivity contribution in [2.24, 2.45) is 13.0 Å². The first kappa shape index (κ1) is 36.9. The Hall–Kier alpha value is -5.09. The smallest absolute Gasteiger partial charge is 0.305 e. The zero-order valence-electron chi connectivity index (χ0n) is 30.0. The van der Waals surface area contributed by atoms with E-state index >= 15 is 0 Å². The standard InChI is InChI=1S/C38H39ClF3N9O4/c1-48-34-28(51(37(48)55)29-11-12-32(52)46-36(29)54)10-9-25(39)33(34)22-13-15-49(16-14-22)19-21-5-7-24(8-6-21)50-20-23-17-31(43-18-27(23)47-50)45-35(53)26-3-2-4-30(44-26)38(40,41)42/h2-4,9-10,17-18,20-22,24,29H,5-8,11-16,19H2,1H3,(H,45,53)(H,46,52,54)/t21-,24-,29?. The number of fused-ring (bicyclic) bond motifs is 2. The van der Waals surface area contributed by atoms with E-state index in [1.165, 1.54) is 16.8 Å². The topological polar surface area (TPSA) is 149 Å². The van der Waals surface area contributed by atoms with E-state index in [4.69, 9.17) is 16.7 Å². The van der Waals surface area contributed by atoms with Gasteiger partial charge in [0.1, 0.15) is 28.8 Å². The summed E-state index contributed by atoms with van der Waals surface area (Å²) in [7, 11) is 1.71. The van der Waals surface area contributed by atoms with Crippen molar-refractivity contribution in [3.63, 3.8) is 0 Å². The van der Waals surface area contributed by atoms with Crippen molar-refractivity contribution in [1.82, 2.24) is 39.1 Å². The Morgan fingerprint density at radius 1 is 1.02 bits per heavy atom. The number of benzene rings is 1. The first-order valence-electron chi connectivity index (χ1n) is 18.5. The average molecular weight is 778 g/mol. The number of likely N-dealkylation sites (tertiary alicyclic amines) is 1. The number of carbonyl (C=O) groups excluding carboxylic acids is 3. The first-order chi connectivity index (χ1) is 26.3. The number of imide groups is 1. The zero-order chi connectivity index (χ0) is 38.6. The number of nitrogens with one attached hydrogen (secondary N) is 2. The number of aromatic nitrogens is 6. The van der Waals surface area contributed by atoms with Crippen molar-refractivity contribution in [3.05, 3.63) is 81.3 Å². The molecule has 3 aliphatic rings. The molecule has 55 heavy (non-hydrogen) atoms. The van der Waals surface area contributed by atoms with Crippen LogP contribution in [0.4, 0.5) is 19.0 Å². The van der Waals surface area contributed by atoms with Gasteiger partial charge in [-0.05, 0) is 106 Å². The van der Waals surface area contributed by atoms with Gasteiger partial charge in [-0.1, -0.05) is 17.7 Å². The van der Waals surface area contributed by atoms with Crippen LogP contribution in [0.1, 0.15) is 91.1 Å². The van der Waals surface area contributed by atoms with Gasteiger partial charge in [0.2, 0.25) is 11.8 Å². The van der Waals surface area contributed by atoms with Gasteiger partial charge >= 0.3 is 11.9 Å². The maximum Gasteiger partial charge on any atom is 0.433 e. The van der Waals surface area contributed by atoms with Crippen molar-refractivity contribution < 1.29 is 27.6 Å². The quantitative estimate of drug-likeness (QED) is 0.192. The Balaban J connectivity index is 0.868. The lowest BCUT2D eigenvalue weighted by Crippen LogP contribution is -2.44. The van der Waals surface area contributed by atoms with Crippen LogP contribution in [0.3, 0.4) is 0 Å². The van der Waals surface area contributed by atoms with Gasteiger partial charge in [0.05, 0.1) is 23.3 Å².